The van der Waals surface area contributed by atoms with Gasteiger partial charge in [0.25, 0.3) is 0 Å². The van der Waals surface area contributed by atoms with Gasteiger partial charge in [0.05, 0.1) is 23.9 Å². The molecule has 2 rings (SSSR count). The second-order valence-electron chi connectivity index (χ2n) is 3.94. The van der Waals surface area contributed by atoms with E-state index >= 15 is 0 Å². The highest BCUT2D eigenvalue weighted by atomic mass is 19.4. The van der Waals surface area contributed by atoms with Crippen molar-refractivity contribution < 1.29 is 17.9 Å². The van der Waals surface area contributed by atoms with Crippen molar-refractivity contribution in [3.8, 4) is 11.6 Å². The van der Waals surface area contributed by atoms with Crippen molar-refractivity contribution in [2.75, 3.05) is 7.11 Å². The third kappa shape index (κ3) is 2.79. The summed E-state index contributed by atoms with van der Waals surface area (Å²) in [7, 11) is 1.38. The number of hydrogen-bond acceptors (Lipinski definition) is 4. The SMILES string of the molecule is COc1nn(-c2ccc(C(F)(F)F)cc2)cc1CN=O. The van der Waals surface area contributed by atoms with E-state index in [0.717, 1.165) is 12.1 Å². The van der Waals surface area contributed by atoms with Gasteiger partial charge in [0.1, 0.15) is 6.54 Å². The number of benzene rings is 1. The van der Waals surface area contributed by atoms with E-state index in [4.69, 9.17) is 4.74 Å². The van der Waals surface area contributed by atoms with Crippen LogP contribution < -0.4 is 4.74 Å². The van der Waals surface area contributed by atoms with Crippen LogP contribution >= 0.6 is 0 Å². The minimum atomic E-state index is -4.38. The highest BCUT2D eigenvalue weighted by Gasteiger charge is 2.30. The summed E-state index contributed by atoms with van der Waals surface area (Å²) in [5.74, 6) is 0.212. The Hall–Kier alpha value is -2.38. The number of hydrogen-bond donors (Lipinski definition) is 0. The number of halogens is 3. The molecule has 1 aromatic carbocycles. The minimum absolute atomic E-state index is 0.121. The zero-order chi connectivity index (χ0) is 14.8. The van der Waals surface area contributed by atoms with Crippen LogP contribution in [0.15, 0.2) is 35.6 Å². The molecule has 0 unspecified atom stereocenters. The number of nitroso groups, excluding NO2 is 1. The summed E-state index contributed by atoms with van der Waals surface area (Å²) < 4.78 is 43.7. The summed E-state index contributed by atoms with van der Waals surface area (Å²) >= 11 is 0. The van der Waals surface area contributed by atoms with E-state index in [1.165, 1.54) is 30.1 Å². The molecule has 0 fully saturated rings. The number of methoxy groups -OCH3 is 1. The predicted molar refractivity (Wildman–Crippen MR) is 64.6 cm³/mol. The van der Waals surface area contributed by atoms with Crippen LogP contribution in [0.5, 0.6) is 5.88 Å². The average molecular weight is 285 g/mol. The summed E-state index contributed by atoms with van der Waals surface area (Å²) in [4.78, 5) is 10.3. The van der Waals surface area contributed by atoms with Gasteiger partial charge >= 0.3 is 6.18 Å². The quantitative estimate of drug-likeness (QED) is 0.811. The molecule has 0 saturated heterocycles. The van der Waals surface area contributed by atoms with Gasteiger partial charge in [-0.2, -0.15) is 18.1 Å². The highest BCUT2D eigenvalue weighted by Crippen LogP contribution is 2.29. The second-order valence-corrected chi connectivity index (χ2v) is 3.94. The Balaban J connectivity index is 2.34. The fourth-order valence-corrected chi connectivity index (χ4v) is 1.68. The van der Waals surface area contributed by atoms with E-state index in [0.29, 0.717) is 11.3 Å². The molecule has 0 aliphatic heterocycles. The first kappa shape index (κ1) is 14.0. The molecule has 1 aromatic heterocycles. The van der Waals surface area contributed by atoms with E-state index in [2.05, 4.69) is 10.3 Å². The fourth-order valence-electron chi connectivity index (χ4n) is 1.68. The zero-order valence-electron chi connectivity index (χ0n) is 10.4. The van der Waals surface area contributed by atoms with Crippen LogP contribution in [0.4, 0.5) is 13.2 Å². The topological polar surface area (TPSA) is 56.5 Å². The predicted octanol–water partition coefficient (Wildman–Crippen LogP) is 3.17. The minimum Gasteiger partial charge on any atom is -0.480 e. The molecule has 0 radical (unpaired) electrons. The largest absolute Gasteiger partial charge is 0.480 e. The Kier molecular flexibility index (Phi) is 3.73. The third-order valence-corrected chi connectivity index (χ3v) is 2.64. The van der Waals surface area contributed by atoms with E-state index in [1.54, 1.807) is 0 Å². The molecule has 106 valence electrons. The first-order chi connectivity index (χ1) is 9.45. The average Bonchev–Trinajstić information content (AvgIpc) is 2.81. The van der Waals surface area contributed by atoms with Gasteiger partial charge in [-0.15, -0.1) is 5.10 Å². The summed E-state index contributed by atoms with van der Waals surface area (Å²) in [6.07, 6.45) is -2.89. The lowest BCUT2D eigenvalue weighted by molar-refractivity contribution is -0.137. The van der Waals surface area contributed by atoms with Gasteiger partial charge in [0.2, 0.25) is 5.88 Å². The van der Waals surface area contributed by atoms with E-state index in [9.17, 15) is 18.1 Å². The maximum atomic E-state index is 12.5. The van der Waals surface area contributed by atoms with Crippen LogP contribution in [-0.4, -0.2) is 16.9 Å². The van der Waals surface area contributed by atoms with Gasteiger partial charge < -0.3 is 4.74 Å². The van der Waals surface area contributed by atoms with Crippen molar-refractivity contribution in [1.82, 2.24) is 9.78 Å². The molecule has 2 aromatic rings. The smallest absolute Gasteiger partial charge is 0.416 e. The van der Waals surface area contributed by atoms with Gasteiger partial charge in [-0.3, -0.25) is 0 Å². The Morgan fingerprint density at radius 2 is 1.95 bits per heavy atom. The summed E-state index contributed by atoms with van der Waals surface area (Å²) in [5.41, 5.74) is 0.144. The van der Waals surface area contributed by atoms with Crippen molar-refractivity contribution in [3.63, 3.8) is 0 Å². The summed E-state index contributed by atoms with van der Waals surface area (Å²) in [6, 6.07) is 4.49. The Bertz CT molecular complexity index is 605. The standard InChI is InChI=1S/C12H10F3N3O2/c1-20-11-8(6-16-19)7-18(17-11)10-4-2-9(3-5-10)12(13,14)15/h2-5,7H,6H2,1H3. The summed E-state index contributed by atoms with van der Waals surface area (Å²) in [6.45, 7) is -0.121. The second kappa shape index (κ2) is 5.32. The Morgan fingerprint density at radius 3 is 2.45 bits per heavy atom. The number of ether oxygens (including phenoxy) is 1. The molecule has 0 saturated carbocycles. The van der Waals surface area contributed by atoms with Crippen molar-refractivity contribution in [2.24, 2.45) is 5.18 Å². The van der Waals surface area contributed by atoms with Crippen LogP contribution in [0.3, 0.4) is 0 Å². The summed E-state index contributed by atoms with van der Waals surface area (Å²) in [5, 5.41) is 6.76. The Labute approximate surface area is 111 Å². The molecule has 20 heavy (non-hydrogen) atoms. The van der Waals surface area contributed by atoms with Crippen LogP contribution in [0, 0.1) is 4.91 Å². The molecule has 0 aliphatic carbocycles. The normalized spacial score (nSPS) is 11.4. The molecule has 1 heterocycles. The lowest BCUT2D eigenvalue weighted by Gasteiger charge is -2.07. The van der Waals surface area contributed by atoms with E-state index in [-0.39, 0.29) is 12.4 Å². The molecular weight excluding hydrogens is 275 g/mol. The number of nitrogens with zero attached hydrogens (tertiary/aromatic N) is 3. The van der Waals surface area contributed by atoms with E-state index < -0.39 is 11.7 Å². The van der Waals surface area contributed by atoms with Crippen LogP contribution in [0.25, 0.3) is 5.69 Å². The lowest BCUT2D eigenvalue weighted by Crippen LogP contribution is -2.05. The molecule has 5 nitrogen and oxygen atoms in total. The number of aromatic nitrogens is 2. The molecule has 0 bridgehead atoms. The monoisotopic (exact) mass is 285 g/mol. The number of rotatable bonds is 4. The molecule has 0 spiro atoms. The van der Waals surface area contributed by atoms with Gasteiger partial charge in [0, 0.05) is 6.20 Å². The Morgan fingerprint density at radius 1 is 1.30 bits per heavy atom. The van der Waals surface area contributed by atoms with Crippen molar-refractivity contribution in [3.05, 3.63) is 46.5 Å². The molecular formula is C12H10F3N3O2. The molecule has 0 N–H and O–H groups in total. The molecule has 0 amide bonds. The van der Waals surface area contributed by atoms with Crippen LogP contribution in [0.1, 0.15) is 11.1 Å². The van der Waals surface area contributed by atoms with Crippen molar-refractivity contribution >= 4 is 0 Å². The maximum Gasteiger partial charge on any atom is 0.416 e. The van der Waals surface area contributed by atoms with Crippen LogP contribution in [0.2, 0.25) is 0 Å². The van der Waals surface area contributed by atoms with Gasteiger partial charge in [0.15, 0.2) is 0 Å². The van der Waals surface area contributed by atoms with Gasteiger partial charge in [-0.25, -0.2) is 4.68 Å². The number of alkyl halides is 3. The van der Waals surface area contributed by atoms with Crippen molar-refractivity contribution in [2.45, 2.75) is 12.7 Å². The van der Waals surface area contributed by atoms with E-state index in [1.807, 2.05) is 0 Å². The first-order valence-corrected chi connectivity index (χ1v) is 5.55. The third-order valence-electron chi connectivity index (χ3n) is 2.64. The zero-order valence-corrected chi connectivity index (χ0v) is 10.4. The highest BCUT2D eigenvalue weighted by molar-refractivity contribution is 5.37. The fraction of sp³-hybridized carbons (Fsp3) is 0.250. The first-order valence-electron chi connectivity index (χ1n) is 5.55. The molecule has 0 atom stereocenters. The van der Waals surface area contributed by atoms with Gasteiger partial charge in [-0.1, -0.05) is 5.18 Å². The maximum absolute atomic E-state index is 12.5. The van der Waals surface area contributed by atoms with Gasteiger partial charge in [-0.05, 0) is 24.3 Å². The lowest BCUT2D eigenvalue weighted by atomic mass is 10.2. The molecule has 8 heteroatoms. The van der Waals surface area contributed by atoms with Crippen molar-refractivity contribution in [1.29, 1.82) is 0 Å². The molecule has 0 aliphatic rings. The van der Waals surface area contributed by atoms with Crippen LogP contribution in [-0.2, 0) is 12.7 Å².